The summed E-state index contributed by atoms with van der Waals surface area (Å²) in [6, 6.07) is 7.80. The van der Waals surface area contributed by atoms with Gasteiger partial charge in [-0.3, -0.25) is 0 Å². The highest BCUT2D eigenvalue weighted by Crippen LogP contribution is 2.17. The molecule has 8 nitrogen and oxygen atoms in total. The summed E-state index contributed by atoms with van der Waals surface area (Å²) in [7, 11) is 1.63. The van der Waals surface area contributed by atoms with Gasteiger partial charge in [0.25, 0.3) is 0 Å². The standard InChI is InChI=1S/C17H18FN7O/c1-11(9-26-2)22-16-19-7-6-14(24-16)15-20-10-21-17(25-15)23-13-5-3-4-12(18)8-13/h3-8,10-11H,9H2,1-2H3,(H,19,22,24)(H,20,21,23,25). The number of hydrogen-bond donors (Lipinski definition) is 2. The van der Waals surface area contributed by atoms with Gasteiger partial charge in [0, 0.05) is 25.0 Å². The van der Waals surface area contributed by atoms with Crippen LogP contribution in [0.15, 0.2) is 42.9 Å². The van der Waals surface area contributed by atoms with Crippen molar-refractivity contribution in [2.75, 3.05) is 24.4 Å². The molecule has 3 aromatic rings. The van der Waals surface area contributed by atoms with E-state index in [9.17, 15) is 4.39 Å². The molecule has 0 saturated carbocycles. The Kier molecular flexibility index (Phi) is 5.59. The van der Waals surface area contributed by atoms with E-state index >= 15 is 0 Å². The first-order valence-electron chi connectivity index (χ1n) is 7.94. The quantitative estimate of drug-likeness (QED) is 0.667. The number of halogens is 1. The van der Waals surface area contributed by atoms with Crippen molar-refractivity contribution in [3.63, 3.8) is 0 Å². The first kappa shape index (κ1) is 17.6. The Bertz CT molecular complexity index is 877. The maximum Gasteiger partial charge on any atom is 0.230 e. The van der Waals surface area contributed by atoms with E-state index in [1.807, 2.05) is 6.92 Å². The van der Waals surface area contributed by atoms with Crippen LogP contribution in [0.1, 0.15) is 6.92 Å². The third-order valence-electron chi connectivity index (χ3n) is 3.33. The number of ether oxygens (including phenoxy) is 1. The van der Waals surface area contributed by atoms with Crippen molar-refractivity contribution in [2.45, 2.75) is 13.0 Å². The minimum Gasteiger partial charge on any atom is -0.383 e. The molecule has 0 bridgehead atoms. The Morgan fingerprint density at radius 1 is 1.12 bits per heavy atom. The normalized spacial score (nSPS) is 11.8. The monoisotopic (exact) mass is 355 g/mol. The predicted octanol–water partition coefficient (Wildman–Crippen LogP) is 2.66. The maximum atomic E-state index is 13.3. The summed E-state index contributed by atoms with van der Waals surface area (Å²) in [6.45, 7) is 2.49. The number of aromatic nitrogens is 5. The number of rotatable bonds is 7. The summed E-state index contributed by atoms with van der Waals surface area (Å²) >= 11 is 0. The second-order valence-electron chi connectivity index (χ2n) is 5.53. The Labute approximate surface area is 149 Å². The van der Waals surface area contributed by atoms with Crippen molar-refractivity contribution in [3.8, 4) is 11.5 Å². The second-order valence-corrected chi connectivity index (χ2v) is 5.53. The molecule has 0 spiro atoms. The molecule has 1 unspecified atom stereocenters. The van der Waals surface area contributed by atoms with E-state index in [4.69, 9.17) is 4.74 Å². The highest BCUT2D eigenvalue weighted by molar-refractivity contribution is 5.56. The Morgan fingerprint density at radius 3 is 2.81 bits per heavy atom. The van der Waals surface area contributed by atoms with Gasteiger partial charge in [-0.2, -0.15) is 4.98 Å². The van der Waals surface area contributed by atoms with Crippen LogP contribution in [0, 0.1) is 5.82 Å². The van der Waals surface area contributed by atoms with Crippen LogP contribution in [0.3, 0.4) is 0 Å². The molecule has 3 rings (SSSR count). The molecule has 0 aliphatic rings. The van der Waals surface area contributed by atoms with Crippen LogP contribution in [-0.2, 0) is 4.74 Å². The molecule has 2 heterocycles. The van der Waals surface area contributed by atoms with Crippen LogP contribution < -0.4 is 10.6 Å². The molecule has 9 heteroatoms. The Morgan fingerprint density at radius 2 is 2.00 bits per heavy atom. The van der Waals surface area contributed by atoms with Crippen LogP contribution >= 0.6 is 0 Å². The topological polar surface area (TPSA) is 97.7 Å². The van der Waals surface area contributed by atoms with Crippen LogP contribution in [0.2, 0.25) is 0 Å². The summed E-state index contributed by atoms with van der Waals surface area (Å²) < 4.78 is 18.4. The molecule has 2 N–H and O–H groups in total. The minimum absolute atomic E-state index is 0.0545. The summed E-state index contributed by atoms with van der Waals surface area (Å²) in [6.07, 6.45) is 2.99. The fraction of sp³-hybridized carbons (Fsp3) is 0.235. The number of hydrogen-bond acceptors (Lipinski definition) is 8. The van der Waals surface area contributed by atoms with Crippen molar-refractivity contribution < 1.29 is 9.13 Å². The van der Waals surface area contributed by atoms with E-state index in [0.717, 1.165) is 0 Å². The third-order valence-corrected chi connectivity index (χ3v) is 3.33. The van der Waals surface area contributed by atoms with Crippen molar-refractivity contribution in [1.82, 2.24) is 24.9 Å². The number of methoxy groups -OCH3 is 1. The van der Waals surface area contributed by atoms with Crippen molar-refractivity contribution in [2.24, 2.45) is 0 Å². The number of nitrogens with one attached hydrogen (secondary N) is 2. The minimum atomic E-state index is -0.346. The third kappa shape index (κ3) is 4.67. The highest BCUT2D eigenvalue weighted by Gasteiger charge is 2.09. The van der Waals surface area contributed by atoms with Crippen LogP contribution in [-0.4, -0.2) is 44.7 Å². The largest absolute Gasteiger partial charge is 0.383 e. The highest BCUT2D eigenvalue weighted by atomic mass is 19.1. The Hall–Kier alpha value is -3.20. The molecule has 0 amide bonds. The smallest absolute Gasteiger partial charge is 0.230 e. The summed E-state index contributed by atoms with van der Waals surface area (Å²) in [4.78, 5) is 21.1. The van der Waals surface area contributed by atoms with E-state index in [1.54, 1.807) is 31.5 Å². The molecule has 0 fully saturated rings. The van der Waals surface area contributed by atoms with Gasteiger partial charge in [-0.1, -0.05) is 6.07 Å². The zero-order chi connectivity index (χ0) is 18.4. The van der Waals surface area contributed by atoms with E-state index in [1.165, 1.54) is 18.5 Å². The molecule has 2 aromatic heterocycles. The molecule has 26 heavy (non-hydrogen) atoms. The van der Waals surface area contributed by atoms with Crippen LogP contribution in [0.4, 0.5) is 22.0 Å². The van der Waals surface area contributed by atoms with Crippen molar-refractivity contribution in [3.05, 3.63) is 48.7 Å². The summed E-state index contributed by atoms with van der Waals surface area (Å²) in [5, 5.41) is 6.08. The van der Waals surface area contributed by atoms with Gasteiger partial charge in [-0.15, -0.1) is 0 Å². The predicted molar refractivity (Wildman–Crippen MR) is 95.5 cm³/mol. The fourth-order valence-electron chi connectivity index (χ4n) is 2.24. The van der Waals surface area contributed by atoms with E-state index in [-0.39, 0.29) is 11.9 Å². The van der Waals surface area contributed by atoms with Gasteiger partial charge in [-0.25, -0.2) is 24.3 Å². The van der Waals surface area contributed by atoms with Crippen molar-refractivity contribution in [1.29, 1.82) is 0 Å². The number of anilines is 3. The summed E-state index contributed by atoms with van der Waals surface area (Å²) in [5.74, 6) is 0.776. The first-order chi connectivity index (χ1) is 12.6. The number of benzene rings is 1. The van der Waals surface area contributed by atoms with Gasteiger partial charge >= 0.3 is 0 Å². The molecular formula is C17H18FN7O. The van der Waals surface area contributed by atoms with E-state index in [0.29, 0.717) is 35.7 Å². The lowest BCUT2D eigenvalue weighted by Gasteiger charge is -2.12. The zero-order valence-electron chi connectivity index (χ0n) is 14.3. The Balaban J connectivity index is 1.79. The van der Waals surface area contributed by atoms with Crippen LogP contribution in [0.25, 0.3) is 11.5 Å². The molecular weight excluding hydrogens is 337 g/mol. The van der Waals surface area contributed by atoms with Gasteiger partial charge in [0.05, 0.1) is 6.61 Å². The maximum absolute atomic E-state index is 13.3. The lowest BCUT2D eigenvalue weighted by Crippen LogP contribution is -2.22. The fourth-order valence-corrected chi connectivity index (χ4v) is 2.24. The van der Waals surface area contributed by atoms with Crippen molar-refractivity contribution >= 4 is 17.6 Å². The SMILES string of the molecule is COCC(C)Nc1nccc(-c2ncnc(Nc3cccc(F)c3)n2)n1. The molecule has 134 valence electrons. The molecule has 0 aliphatic carbocycles. The summed E-state index contributed by atoms with van der Waals surface area (Å²) in [5.41, 5.74) is 1.08. The molecule has 1 atom stereocenters. The van der Waals surface area contributed by atoms with Gasteiger partial charge in [0.15, 0.2) is 5.82 Å². The van der Waals surface area contributed by atoms with Gasteiger partial charge in [-0.05, 0) is 31.2 Å². The average molecular weight is 355 g/mol. The molecule has 1 aromatic carbocycles. The van der Waals surface area contributed by atoms with Gasteiger partial charge < -0.3 is 15.4 Å². The average Bonchev–Trinajstić information content (AvgIpc) is 2.62. The lowest BCUT2D eigenvalue weighted by atomic mass is 10.3. The number of nitrogens with zero attached hydrogens (tertiary/aromatic N) is 5. The lowest BCUT2D eigenvalue weighted by molar-refractivity contribution is 0.190. The molecule has 0 aliphatic heterocycles. The first-order valence-corrected chi connectivity index (χ1v) is 7.94. The van der Waals surface area contributed by atoms with Crippen LogP contribution in [0.5, 0.6) is 0 Å². The van der Waals surface area contributed by atoms with E-state index in [2.05, 4.69) is 35.6 Å². The molecule has 0 saturated heterocycles. The van der Waals surface area contributed by atoms with Gasteiger partial charge in [0.1, 0.15) is 17.8 Å². The second kappa shape index (κ2) is 8.26. The zero-order valence-corrected chi connectivity index (χ0v) is 14.3. The molecule has 0 radical (unpaired) electrons. The van der Waals surface area contributed by atoms with Gasteiger partial charge in [0.2, 0.25) is 11.9 Å². The van der Waals surface area contributed by atoms with E-state index < -0.39 is 0 Å².